The average Bonchev–Trinajstić information content (AvgIpc) is 2.37. The van der Waals surface area contributed by atoms with Crippen LogP contribution < -0.4 is 5.32 Å². The zero-order valence-corrected chi connectivity index (χ0v) is 13.1. The molecule has 7 nitrogen and oxygen atoms in total. The van der Waals surface area contributed by atoms with Crippen molar-refractivity contribution in [2.45, 2.75) is 31.2 Å². The number of carbonyl (C=O) groups excluding carboxylic acids is 1. The van der Waals surface area contributed by atoms with Gasteiger partial charge < -0.3 is 10.4 Å². The molecule has 0 aliphatic heterocycles. The lowest BCUT2D eigenvalue weighted by atomic mass is 10.1. The zero-order valence-electron chi connectivity index (χ0n) is 12.2. The van der Waals surface area contributed by atoms with E-state index in [-0.39, 0.29) is 10.8 Å². The van der Waals surface area contributed by atoms with E-state index >= 15 is 0 Å². The van der Waals surface area contributed by atoms with Gasteiger partial charge in [-0.1, -0.05) is 0 Å². The molecule has 0 unspecified atom stereocenters. The fourth-order valence-corrected chi connectivity index (χ4v) is 2.98. The first-order chi connectivity index (χ1) is 9.49. The van der Waals surface area contributed by atoms with Gasteiger partial charge in [0.25, 0.3) is 0 Å². The average molecular weight is 314 g/mol. The van der Waals surface area contributed by atoms with Crippen molar-refractivity contribution in [3.05, 3.63) is 24.3 Å². The second-order valence-corrected chi connectivity index (χ2v) is 7.01. The van der Waals surface area contributed by atoms with Crippen LogP contribution in [0, 0.1) is 0 Å². The molecule has 0 radical (unpaired) electrons. The number of likely N-dealkylation sites (N-methyl/N-ethyl adjacent to an activating group) is 1. The number of hydrogen-bond donors (Lipinski definition) is 2. The largest absolute Gasteiger partial charge is 0.480 e. The van der Waals surface area contributed by atoms with Crippen molar-refractivity contribution in [1.29, 1.82) is 0 Å². The summed E-state index contributed by atoms with van der Waals surface area (Å²) in [6.45, 7) is 3.95. The van der Waals surface area contributed by atoms with Crippen LogP contribution in [0.2, 0.25) is 0 Å². The minimum Gasteiger partial charge on any atom is -0.480 e. The molecular formula is C13H18N2O5S. The van der Waals surface area contributed by atoms with Gasteiger partial charge in [-0.15, -0.1) is 0 Å². The van der Waals surface area contributed by atoms with Crippen LogP contribution in [0.5, 0.6) is 0 Å². The van der Waals surface area contributed by atoms with E-state index in [9.17, 15) is 18.0 Å². The number of hydrogen-bond acceptors (Lipinski definition) is 4. The maximum Gasteiger partial charge on any atom is 0.324 e. The van der Waals surface area contributed by atoms with Crippen LogP contribution in [0.3, 0.4) is 0 Å². The minimum atomic E-state index is -3.95. The van der Waals surface area contributed by atoms with E-state index in [1.807, 2.05) is 0 Å². The molecule has 0 aliphatic carbocycles. The lowest BCUT2D eigenvalue weighted by Crippen LogP contribution is -2.50. The van der Waals surface area contributed by atoms with Crippen LogP contribution in [-0.2, 0) is 19.6 Å². The Labute approximate surface area is 123 Å². The van der Waals surface area contributed by atoms with E-state index in [0.29, 0.717) is 5.69 Å². The summed E-state index contributed by atoms with van der Waals surface area (Å²) in [5.74, 6) is -1.52. The molecule has 21 heavy (non-hydrogen) atoms. The SMILES string of the molecule is CC(=O)Nc1ccc(S(=O)(=O)N(C)C(C)(C)C(=O)O)cc1. The number of carboxylic acids is 1. The predicted octanol–water partition coefficient (Wildman–Crippen LogP) is 1.13. The van der Waals surface area contributed by atoms with E-state index in [0.717, 1.165) is 4.31 Å². The molecule has 0 heterocycles. The third-order valence-electron chi connectivity index (χ3n) is 3.14. The number of rotatable bonds is 5. The van der Waals surface area contributed by atoms with Gasteiger partial charge in [0.05, 0.1) is 4.90 Å². The molecule has 0 aliphatic rings. The summed E-state index contributed by atoms with van der Waals surface area (Å²) in [5.41, 5.74) is -1.11. The maximum absolute atomic E-state index is 12.4. The first-order valence-corrected chi connectivity index (χ1v) is 7.53. The Morgan fingerprint density at radius 1 is 1.19 bits per heavy atom. The molecule has 1 amide bonds. The van der Waals surface area contributed by atoms with Crippen LogP contribution >= 0.6 is 0 Å². The van der Waals surface area contributed by atoms with E-state index in [2.05, 4.69) is 5.32 Å². The van der Waals surface area contributed by atoms with Crippen LogP contribution in [0.1, 0.15) is 20.8 Å². The standard InChI is InChI=1S/C13H18N2O5S/c1-9(16)14-10-5-7-11(8-6-10)21(19,20)15(4)13(2,3)12(17)18/h5-8H,1-4H3,(H,14,16)(H,17,18). The lowest BCUT2D eigenvalue weighted by molar-refractivity contribution is -0.145. The second kappa shape index (κ2) is 5.82. The van der Waals surface area contributed by atoms with E-state index in [4.69, 9.17) is 5.11 Å². The highest BCUT2D eigenvalue weighted by molar-refractivity contribution is 7.89. The van der Waals surface area contributed by atoms with Crippen LogP contribution in [0.4, 0.5) is 5.69 Å². The number of anilines is 1. The summed E-state index contributed by atoms with van der Waals surface area (Å²) >= 11 is 0. The van der Waals surface area contributed by atoms with Gasteiger partial charge in [-0.3, -0.25) is 9.59 Å². The van der Waals surface area contributed by atoms with E-state index < -0.39 is 21.5 Å². The molecular weight excluding hydrogens is 296 g/mol. The highest BCUT2D eigenvalue weighted by Gasteiger charge is 2.40. The molecule has 1 aromatic carbocycles. The Hall–Kier alpha value is -1.93. The Morgan fingerprint density at radius 3 is 2.05 bits per heavy atom. The molecule has 0 saturated heterocycles. The number of aliphatic carboxylic acids is 1. The molecule has 1 rings (SSSR count). The van der Waals surface area contributed by atoms with Crippen molar-refractivity contribution in [3.8, 4) is 0 Å². The van der Waals surface area contributed by atoms with Crippen LogP contribution in [-0.4, -0.2) is 42.3 Å². The first-order valence-electron chi connectivity index (χ1n) is 6.09. The zero-order chi connectivity index (χ0) is 16.4. The number of carbonyl (C=O) groups is 2. The van der Waals surface area contributed by atoms with Gasteiger partial charge >= 0.3 is 5.97 Å². The third kappa shape index (κ3) is 3.59. The Kier molecular flexibility index (Phi) is 4.75. The van der Waals surface area contributed by atoms with E-state index in [1.54, 1.807) is 0 Å². The topological polar surface area (TPSA) is 104 Å². The van der Waals surface area contributed by atoms with Crippen LogP contribution in [0.25, 0.3) is 0 Å². The van der Waals surface area contributed by atoms with Crippen molar-refractivity contribution in [2.75, 3.05) is 12.4 Å². The van der Waals surface area contributed by atoms with Crippen molar-refractivity contribution in [1.82, 2.24) is 4.31 Å². The molecule has 2 N–H and O–H groups in total. The summed E-state index contributed by atoms with van der Waals surface area (Å²) in [6, 6.07) is 5.51. The smallest absolute Gasteiger partial charge is 0.324 e. The Balaban J connectivity index is 3.14. The summed E-state index contributed by atoms with van der Waals surface area (Å²) in [6.07, 6.45) is 0. The van der Waals surface area contributed by atoms with Gasteiger partial charge in [-0.25, -0.2) is 8.42 Å². The number of carboxylic acid groups (broad SMARTS) is 1. The number of amides is 1. The maximum atomic E-state index is 12.4. The van der Waals surface area contributed by atoms with Crippen molar-refractivity contribution >= 4 is 27.6 Å². The molecule has 116 valence electrons. The molecule has 1 aromatic rings. The summed E-state index contributed by atoms with van der Waals surface area (Å²) in [7, 11) is -2.73. The molecule has 0 fully saturated rings. The lowest BCUT2D eigenvalue weighted by Gasteiger charge is -2.30. The summed E-state index contributed by atoms with van der Waals surface area (Å²) in [5, 5.41) is 11.6. The minimum absolute atomic E-state index is 0.0478. The summed E-state index contributed by atoms with van der Waals surface area (Å²) in [4.78, 5) is 22.0. The normalized spacial score (nSPS) is 12.2. The van der Waals surface area contributed by atoms with Crippen LogP contribution in [0.15, 0.2) is 29.2 Å². The Morgan fingerprint density at radius 2 is 1.67 bits per heavy atom. The highest BCUT2D eigenvalue weighted by atomic mass is 32.2. The van der Waals surface area contributed by atoms with Gasteiger partial charge in [0.1, 0.15) is 5.54 Å². The number of nitrogens with one attached hydrogen (secondary N) is 1. The van der Waals surface area contributed by atoms with Gasteiger partial charge in [0, 0.05) is 19.7 Å². The molecule has 0 bridgehead atoms. The molecule has 0 atom stereocenters. The fourth-order valence-electron chi connectivity index (χ4n) is 1.51. The quantitative estimate of drug-likeness (QED) is 0.848. The van der Waals surface area contributed by atoms with Gasteiger partial charge in [0.15, 0.2) is 0 Å². The number of benzene rings is 1. The van der Waals surface area contributed by atoms with E-state index in [1.165, 1.54) is 52.1 Å². The van der Waals surface area contributed by atoms with Gasteiger partial charge in [0.2, 0.25) is 15.9 Å². The molecule has 0 aromatic heterocycles. The monoisotopic (exact) mass is 314 g/mol. The third-order valence-corrected chi connectivity index (χ3v) is 5.19. The summed E-state index contributed by atoms with van der Waals surface area (Å²) < 4.78 is 25.6. The fraction of sp³-hybridized carbons (Fsp3) is 0.385. The van der Waals surface area contributed by atoms with Gasteiger partial charge in [-0.05, 0) is 38.1 Å². The van der Waals surface area contributed by atoms with Gasteiger partial charge in [-0.2, -0.15) is 4.31 Å². The predicted molar refractivity (Wildman–Crippen MR) is 77.4 cm³/mol. The first kappa shape index (κ1) is 17.1. The molecule has 8 heteroatoms. The van der Waals surface area contributed by atoms with Crippen molar-refractivity contribution in [2.24, 2.45) is 0 Å². The van der Waals surface area contributed by atoms with Crippen molar-refractivity contribution in [3.63, 3.8) is 0 Å². The highest BCUT2D eigenvalue weighted by Crippen LogP contribution is 2.24. The van der Waals surface area contributed by atoms with Crippen molar-refractivity contribution < 1.29 is 23.1 Å². The molecule has 0 saturated carbocycles. The number of nitrogens with zero attached hydrogens (tertiary/aromatic N) is 1. The second-order valence-electron chi connectivity index (χ2n) is 5.04. The molecule has 0 spiro atoms. The number of sulfonamides is 1. The Bertz CT molecular complexity index is 650.